The highest BCUT2D eigenvalue weighted by molar-refractivity contribution is 5.80. The number of methoxy groups -OCH3 is 1. The third kappa shape index (κ3) is 2.21. The Bertz CT molecular complexity index is 213. The number of carbonyl (C=O) groups is 1. The molecule has 1 N–H and O–H groups in total. The summed E-state index contributed by atoms with van der Waals surface area (Å²) in [5.41, 5.74) is -0.259. The van der Waals surface area contributed by atoms with Crippen LogP contribution in [0.1, 0.15) is 33.6 Å². The van der Waals surface area contributed by atoms with Gasteiger partial charge < -0.3 is 10.1 Å². The number of hydrogen-bond acceptors (Lipinski definition) is 3. The Hall–Kier alpha value is -0.570. The first-order chi connectivity index (χ1) is 5.90. The van der Waals surface area contributed by atoms with Crippen LogP contribution in [0.25, 0.3) is 0 Å². The van der Waals surface area contributed by atoms with Gasteiger partial charge in [-0.2, -0.15) is 0 Å². The van der Waals surface area contributed by atoms with E-state index in [9.17, 15) is 4.79 Å². The second-order valence-corrected chi connectivity index (χ2v) is 4.84. The zero-order valence-electron chi connectivity index (χ0n) is 8.94. The summed E-state index contributed by atoms with van der Waals surface area (Å²) in [5, 5.41) is 3.23. The summed E-state index contributed by atoms with van der Waals surface area (Å²) in [7, 11) is 1.44. The highest BCUT2D eigenvalue weighted by atomic mass is 16.5. The summed E-state index contributed by atoms with van der Waals surface area (Å²) in [5.74, 6) is -0.153. The van der Waals surface area contributed by atoms with E-state index >= 15 is 0 Å². The Morgan fingerprint density at radius 1 is 1.38 bits per heavy atom. The smallest absolute Gasteiger partial charge is 0.325 e. The molecule has 0 saturated carbocycles. The SMILES string of the molecule is COC(=O)C1(C)CC(C)(C)CCN1. The number of esters is 1. The molecule has 1 rings (SSSR count). The lowest BCUT2D eigenvalue weighted by molar-refractivity contribution is -0.150. The lowest BCUT2D eigenvalue weighted by atomic mass is 9.74. The Kier molecular flexibility index (Phi) is 2.66. The first-order valence-electron chi connectivity index (χ1n) is 4.73. The second-order valence-electron chi connectivity index (χ2n) is 4.84. The van der Waals surface area contributed by atoms with Crippen LogP contribution in [-0.2, 0) is 9.53 Å². The minimum atomic E-state index is -0.490. The van der Waals surface area contributed by atoms with E-state index in [2.05, 4.69) is 19.2 Å². The first kappa shape index (κ1) is 10.5. The van der Waals surface area contributed by atoms with E-state index in [1.54, 1.807) is 0 Å². The fourth-order valence-electron chi connectivity index (χ4n) is 2.15. The molecule has 0 aromatic heterocycles. The highest BCUT2D eigenvalue weighted by Crippen LogP contribution is 2.35. The van der Waals surface area contributed by atoms with Crippen molar-refractivity contribution < 1.29 is 9.53 Å². The maximum Gasteiger partial charge on any atom is 0.325 e. The maximum absolute atomic E-state index is 11.5. The summed E-state index contributed by atoms with van der Waals surface area (Å²) < 4.78 is 4.78. The normalized spacial score (nSPS) is 32.6. The number of piperidine rings is 1. The van der Waals surface area contributed by atoms with Gasteiger partial charge in [-0.3, -0.25) is 4.79 Å². The molecule has 1 heterocycles. The van der Waals surface area contributed by atoms with Crippen molar-refractivity contribution in [3.8, 4) is 0 Å². The predicted molar refractivity (Wildman–Crippen MR) is 51.4 cm³/mol. The lowest BCUT2D eigenvalue weighted by Gasteiger charge is -2.41. The van der Waals surface area contributed by atoms with Gasteiger partial charge in [0, 0.05) is 0 Å². The molecule has 1 unspecified atom stereocenters. The van der Waals surface area contributed by atoms with Gasteiger partial charge >= 0.3 is 5.97 Å². The van der Waals surface area contributed by atoms with Crippen LogP contribution in [0.5, 0.6) is 0 Å². The molecule has 1 saturated heterocycles. The third-order valence-corrected chi connectivity index (χ3v) is 2.78. The topological polar surface area (TPSA) is 38.3 Å². The van der Waals surface area contributed by atoms with Crippen LogP contribution >= 0.6 is 0 Å². The molecule has 1 aliphatic heterocycles. The number of rotatable bonds is 1. The van der Waals surface area contributed by atoms with Gasteiger partial charge in [0.15, 0.2) is 0 Å². The van der Waals surface area contributed by atoms with Crippen molar-refractivity contribution in [3.63, 3.8) is 0 Å². The van der Waals surface area contributed by atoms with Crippen molar-refractivity contribution >= 4 is 5.97 Å². The van der Waals surface area contributed by atoms with E-state index in [-0.39, 0.29) is 11.4 Å². The van der Waals surface area contributed by atoms with Crippen molar-refractivity contribution in [2.24, 2.45) is 5.41 Å². The summed E-state index contributed by atoms with van der Waals surface area (Å²) in [6.07, 6.45) is 1.95. The minimum absolute atomic E-state index is 0.153. The van der Waals surface area contributed by atoms with E-state index in [1.165, 1.54) is 7.11 Å². The van der Waals surface area contributed by atoms with Gasteiger partial charge in [-0.1, -0.05) is 13.8 Å². The van der Waals surface area contributed by atoms with Crippen LogP contribution in [-0.4, -0.2) is 25.2 Å². The molecule has 76 valence electrons. The van der Waals surface area contributed by atoms with Gasteiger partial charge in [0.05, 0.1) is 7.11 Å². The summed E-state index contributed by atoms with van der Waals surface area (Å²) in [6.45, 7) is 7.18. The van der Waals surface area contributed by atoms with Crippen LogP contribution in [0.4, 0.5) is 0 Å². The van der Waals surface area contributed by atoms with Crippen LogP contribution < -0.4 is 5.32 Å². The van der Waals surface area contributed by atoms with Crippen LogP contribution in [0, 0.1) is 5.41 Å². The molecular formula is C10H19NO2. The summed E-state index contributed by atoms with van der Waals surface area (Å²) in [4.78, 5) is 11.5. The summed E-state index contributed by atoms with van der Waals surface area (Å²) >= 11 is 0. The fraction of sp³-hybridized carbons (Fsp3) is 0.900. The zero-order valence-corrected chi connectivity index (χ0v) is 8.94. The first-order valence-corrected chi connectivity index (χ1v) is 4.73. The molecule has 1 atom stereocenters. The van der Waals surface area contributed by atoms with Gasteiger partial charge in [-0.25, -0.2) is 0 Å². The van der Waals surface area contributed by atoms with Gasteiger partial charge in [-0.15, -0.1) is 0 Å². The zero-order chi connectivity index (χ0) is 10.1. The van der Waals surface area contributed by atoms with E-state index < -0.39 is 5.54 Å². The largest absolute Gasteiger partial charge is 0.468 e. The molecule has 0 aliphatic carbocycles. The van der Waals surface area contributed by atoms with Crippen molar-refractivity contribution in [3.05, 3.63) is 0 Å². The van der Waals surface area contributed by atoms with Crippen molar-refractivity contribution in [2.45, 2.75) is 39.2 Å². The van der Waals surface area contributed by atoms with Crippen molar-refractivity contribution in [1.82, 2.24) is 5.32 Å². The summed E-state index contributed by atoms with van der Waals surface area (Å²) in [6, 6.07) is 0. The Morgan fingerprint density at radius 2 is 2.00 bits per heavy atom. The Morgan fingerprint density at radius 3 is 2.46 bits per heavy atom. The molecule has 0 bridgehead atoms. The molecule has 0 spiro atoms. The minimum Gasteiger partial charge on any atom is -0.468 e. The van der Waals surface area contributed by atoms with E-state index in [0.29, 0.717) is 0 Å². The van der Waals surface area contributed by atoms with Crippen molar-refractivity contribution in [1.29, 1.82) is 0 Å². The van der Waals surface area contributed by atoms with Crippen LogP contribution in [0.3, 0.4) is 0 Å². The second kappa shape index (κ2) is 3.29. The molecule has 0 amide bonds. The highest BCUT2D eigenvalue weighted by Gasteiger charge is 2.42. The van der Waals surface area contributed by atoms with E-state index in [0.717, 1.165) is 19.4 Å². The average molecular weight is 185 g/mol. The number of ether oxygens (including phenoxy) is 1. The van der Waals surface area contributed by atoms with Gasteiger partial charge in [-0.05, 0) is 31.7 Å². The van der Waals surface area contributed by atoms with Crippen LogP contribution in [0.15, 0.2) is 0 Å². The number of carbonyl (C=O) groups excluding carboxylic acids is 1. The monoisotopic (exact) mass is 185 g/mol. The molecule has 0 radical (unpaired) electrons. The van der Waals surface area contributed by atoms with Gasteiger partial charge in [0.25, 0.3) is 0 Å². The lowest BCUT2D eigenvalue weighted by Crippen LogP contribution is -2.56. The quantitative estimate of drug-likeness (QED) is 0.626. The van der Waals surface area contributed by atoms with Crippen molar-refractivity contribution in [2.75, 3.05) is 13.7 Å². The average Bonchev–Trinajstić information content (AvgIpc) is 2.00. The molecule has 3 nitrogen and oxygen atoms in total. The van der Waals surface area contributed by atoms with E-state index in [1.807, 2.05) is 6.92 Å². The number of hydrogen-bond donors (Lipinski definition) is 1. The van der Waals surface area contributed by atoms with Gasteiger partial charge in [0.2, 0.25) is 0 Å². The number of nitrogens with one attached hydrogen (secondary N) is 1. The maximum atomic E-state index is 11.5. The molecular weight excluding hydrogens is 166 g/mol. The molecule has 0 aromatic carbocycles. The molecule has 13 heavy (non-hydrogen) atoms. The van der Waals surface area contributed by atoms with E-state index in [4.69, 9.17) is 4.74 Å². The standard InChI is InChI=1S/C10H19NO2/c1-9(2)5-6-11-10(3,7-9)8(12)13-4/h11H,5-7H2,1-4H3. The fourth-order valence-corrected chi connectivity index (χ4v) is 2.15. The molecule has 1 fully saturated rings. The van der Waals surface area contributed by atoms with Gasteiger partial charge in [0.1, 0.15) is 5.54 Å². The predicted octanol–water partition coefficient (Wildman–Crippen LogP) is 1.33. The molecule has 0 aromatic rings. The third-order valence-electron chi connectivity index (χ3n) is 2.78. The Labute approximate surface area is 79.8 Å². The Balaban J connectivity index is 2.74. The molecule has 3 heteroatoms. The molecule has 1 aliphatic rings. The van der Waals surface area contributed by atoms with Crippen LogP contribution in [0.2, 0.25) is 0 Å².